The van der Waals surface area contributed by atoms with Crippen LogP contribution in [-0.4, -0.2) is 13.0 Å². The molecule has 0 saturated heterocycles. The molecule has 0 radical (unpaired) electrons. The Bertz CT molecular complexity index is 492. The summed E-state index contributed by atoms with van der Waals surface area (Å²) in [5.41, 5.74) is -1.42. The van der Waals surface area contributed by atoms with Crippen molar-refractivity contribution in [2.75, 3.05) is 7.05 Å². The van der Waals surface area contributed by atoms with Gasteiger partial charge in [0.25, 0.3) is 5.91 Å². The average molecular weight is 261 g/mol. The third-order valence-corrected chi connectivity index (χ3v) is 2.94. The van der Waals surface area contributed by atoms with Crippen LogP contribution in [0.25, 0.3) is 0 Å². The first-order valence-electron chi connectivity index (χ1n) is 5.48. The summed E-state index contributed by atoms with van der Waals surface area (Å²) >= 11 is 0. The van der Waals surface area contributed by atoms with Crippen LogP contribution in [0.15, 0.2) is 12.1 Å². The number of halogens is 4. The second-order valence-corrected chi connectivity index (χ2v) is 4.24. The SMILES string of the molecule is CNC(=O)c1ccc(C(F)(F)F)c(F)c1C1CC1. The molecule has 1 saturated carbocycles. The molecular formula is C12H11F4NO. The maximum atomic E-state index is 13.9. The Balaban J connectivity index is 2.59. The minimum atomic E-state index is -4.74. The predicted molar refractivity (Wildman–Crippen MR) is 56.8 cm³/mol. The highest BCUT2D eigenvalue weighted by atomic mass is 19.4. The van der Waals surface area contributed by atoms with E-state index in [9.17, 15) is 22.4 Å². The first-order valence-corrected chi connectivity index (χ1v) is 5.48. The van der Waals surface area contributed by atoms with Crippen molar-refractivity contribution in [2.24, 2.45) is 0 Å². The quantitative estimate of drug-likeness (QED) is 0.814. The number of nitrogens with one attached hydrogen (secondary N) is 1. The summed E-state index contributed by atoms with van der Waals surface area (Å²) in [7, 11) is 1.36. The monoisotopic (exact) mass is 261 g/mol. The number of carbonyl (C=O) groups is 1. The third kappa shape index (κ3) is 2.19. The van der Waals surface area contributed by atoms with Gasteiger partial charge in [-0.25, -0.2) is 4.39 Å². The van der Waals surface area contributed by atoms with E-state index in [2.05, 4.69) is 5.32 Å². The lowest BCUT2D eigenvalue weighted by molar-refractivity contribution is -0.140. The van der Waals surface area contributed by atoms with Crippen LogP contribution in [-0.2, 0) is 6.18 Å². The van der Waals surface area contributed by atoms with Crippen molar-refractivity contribution in [3.05, 3.63) is 34.6 Å². The Morgan fingerprint density at radius 2 is 1.94 bits per heavy atom. The predicted octanol–water partition coefficient (Wildman–Crippen LogP) is 3.08. The molecule has 1 fully saturated rings. The second-order valence-electron chi connectivity index (χ2n) is 4.24. The van der Waals surface area contributed by atoms with Crippen molar-refractivity contribution < 1.29 is 22.4 Å². The highest BCUT2D eigenvalue weighted by Crippen LogP contribution is 2.45. The molecule has 1 N–H and O–H groups in total. The normalized spacial score (nSPS) is 15.6. The van der Waals surface area contributed by atoms with Crippen molar-refractivity contribution >= 4 is 5.91 Å². The van der Waals surface area contributed by atoms with Crippen LogP contribution in [0, 0.1) is 5.82 Å². The Hall–Kier alpha value is -1.59. The average Bonchev–Trinajstić information content (AvgIpc) is 3.09. The van der Waals surface area contributed by atoms with E-state index in [0.717, 1.165) is 6.07 Å². The fourth-order valence-electron chi connectivity index (χ4n) is 1.92. The molecule has 0 unspecified atom stereocenters. The number of hydrogen-bond donors (Lipinski definition) is 1. The van der Waals surface area contributed by atoms with Crippen molar-refractivity contribution in [1.29, 1.82) is 0 Å². The van der Waals surface area contributed by atoms with Crippen LogP contribution in [0.2, 0.25) is 0 Å². The van der Waals surface area contributed by atoms with Gasteiger partial charge in [-0.2, -0.15) is 13.2 Å². The number of amides is 1. The number of rotatable bonds is 2. The highest BCUT2D eigenvalue weighted by molar-refractivity contribution is 5.96. The summed E-state index contributed by atoms with van der Waals surface area (Å²) in [5.74, 6) is -2.16. The topological polar surface area (TPSA) is 29.1 Å². The first kappa shape index (κ1) is 12.9. The van der Waals surface area contributed by atoms with Gasteiger partial charge in [-0.1, -0.05) is 0 Å². The summed E-state index contributed by atoms with van der Waals surface area (Å²) in [6.45, 7) is 0. The van der Waals surface area contributed by atoms with Crippen LogP contribution >= 0.6 is 0 Å². The number of benzene rings is 1. The molecule has 0 spiro atoms. The van der Waals surface area contributed by atoms with Gasteiger partial charge >= 0.3 is 6.18 Å². The Morgan fingerprint density at radius 1 is 1.33 bits per heavy atom. The molecule has 98 valence electrons. The molecule has 0 heterocycles. The molecule has 1 aromatic carbocycles. The minimum absolute atomic E-state index is 0.00880. The van der Waals surface area contributed by atoms with E-state index in [1.807, 2.05) is 0 Å². The molecule has 1 aliphatic carbocycles. The van der Waals surface area contributed by atoms with E-state index in [-0.39, 0.29) is 17.0 Å². The lowest BCUT2D eigenvalue weighted by Crippen LogP contribution is -2.21. The van der Waals surface area contributed by atoms with Crippen molar-refractivity contribution in [2.45, 2.75) is 24.9 Å². The molecule has 0 atom stereocenters. The summed E-state index contributed by atoms with van der Waals surface area (Å²) in [6, 6.07) is 1.66. The molecule has 2 nitrogen and oxygen atoms in total. The van der Waals surface area contributed by atoms with E-state index >= 15 is 0 Å². The van der Waals surface area contributed by atoms with Gasteiger partial charge < -0.3 is 5.32 Å². The molecule has 2 rings (SSSR count). The molecule has 0 bridgehead atoms. The smallest absolute Gasteiger partial charge is 0.355 e. The van der Waals surface area contributed by atoms with Gasteiger partial charge in [0.2, 0.25) is 0 Å². The molecular weight excluding hydrogens is 250 g/mol. The fraction of sp³-hybridized carbons (Fsp3) is 0.417. The molecule has 18 heavy (non-hydrogen) atoms. The third-order valence-electron chi connectivity index (χ3n) is 2.94. The largest absolute Gasteiger partial charge is 0.419 e. The molecule has 0 aromatic heterocycles. The van der Waals surface area contributed by atoms with Gasteiger partial charge in [-0.3, -0.25) is 4.79 Å². The van der Waals surface area contributed by atoms with Crippen LogP contribution in [0.4, 0.5) is 17.6 Å². The van der Waals surface area contributed by atoms with Crippen LogP contribution in [0.1, 0.15) is 40.2 Å². The zero-order valence-electron chi connectivity index (χ0n) is 9.57. The number of carbonyl (C=O) groups excluding carboxylic acids is 1. The van der Waals surface area contributed by atoms with Crippen molar-refractivity contribution in [1.82, 2.24) is 5.32 Å². The lowest BCUT2D eigenvalue weighted by Gasteiger charge is -2.14. The first-order chi connectivity index (χ1) is 8.36. The number of alkyl halides is 3. The van der Waals surface area contributed by atoms with Gasteiger partial charge in [-0.15, -0.1) is 0 Å². The fourth-order valence-corrected chi connectivity index (χ4v) is 1.92. The molecule has 1 amide bonds. The van der Waals surface area contributed by atoms with Gasteiger partial charge in [0, 0.05) is 18.2 Å². The van der Waals surface area contributed by atoms with E-state index in [4.69, 9.17) is 0 Å². The van der Waals surface area contributed by atoms with Gasteiger partial charge in [0.05, 0.1) is 5.56 Å². The van der Waals surface area contributed by atoms with E-state index < -0.39 is 23.5 Å². The van der Waals surface area contributed by atoms with Crippen LogP contribution in [0.5, 0.6) is 0 Å². The van der Waals surface area contributed by atoms with Crippen molar-refractivity contribution in [3.63, 3.8) is 0 Å². The summed E-state index contributed by atoms with van der Waals surface area (Å²) < 4.78 is 51.7. The molecule has 1 aromatic rings. The lowest BCUT2D eigenvalue weighted by atomic mass is 9.98. The summed E-state index contributed by atoms with van der Waals surface area (Å²) in [4.78, 5) is 11.5. The molecule has 1 aliphatic rings. The Morgan fingerprint density at radius 3 is 2.39 bits per heavy atom. The van der Waals surface area contributed by atoms with E-state index in [0.29, 0.717) is 18.9 Å². The molecule has 6 heteroatoms. The maximum Gasteiger partial charge on any atom is 0.419 e. The van der Waals surface area contributed by atoms with Gasteiger partial charge in [0.1, 0.15) is 5.82 Å². The zero-order valence-corrected chi connectivity index (χ0v) is 9.57. The van der Waals surface area contributed by atoms with Crippen LogP contribution in [0.3, 0.4) is 0 Å². The van der Waals surface area contributed by atoms with Crippen molar-refractivity contribution in [3.8, 4) is 0 Å². The standard InChI is InChI=1S/C12H11F4NO/c1-17-11(18)7-4-5-8(12(14,15)16)10(13)9(7)6-2-3-6/h4-6H,2-3H2,1H3,(H,17,18). The molecule has 0 aliphatic heterocycles. The Labute approximate surface area is 101 Å². The van der Waals surface area contributed by atoms with E-state index in [1.165, 1.54) is 7.05 Å². The van der Waals surface area contributed by atoms with Gasteiger partial charge in [0.15, 0.2) is 0 Å². The number of hydrogen-bond acceptors (Lipinski definition) is 1. The zero-order chi connectivity index (χ0) is 13.5. The maximum absolute atomic E-state index is 13.9. The van der Waals surface area contributed by atoms with E-state index in [1.54, 1.807) is 0 Å². The van der Waals surface area contributed by atoms with Crippen LogP contribution < -0.4 is 5.32 Å². The highest BCUT2D eigenvalue weighted by Gasteiger charge is 2.39. The Kier molecular flexibility index (Phi) is 3.04. The second kappa shape index (κ2) is 4.26. The summed E-state index contributed by atoms with van der Waals surface area (Å²) in [5, 5.41) is 2.30. The van der Waals surface area contributed by atoms with Gasteiger partial charge in [-0.05, 0) is 30.9 Å². The minimum Gasteiger partial charge on any atom is -0.355 e. The summed E-state index contributed by atoms with van der Waals surface area (Å²) in [6.07, 6.45) is -3.51.